The molecule has 3 fully saturated rings. The molecule has 3 saturated heterocycles. The fraction of sp³-hybridized carbons (Fsp3) is 0.867. The van der Waals surface area contributed by atoms with Gasteiger partial charge < -0.3 is 14.5 Å². The molecule has 3 rings (SSSR count). The van der Waals surface area contributed by atoms with Gasteiger partial charge in [-0.1, -0.05) is 0 Å². The van der Waals surface area contributed by atoms with Gasteiger partial charge in [0.05, 0.1) is 31.7 Å². The second kappa shape index (κ2) is 6.68. The van der Waals surface area contributed by atoms with Crippen LogP contribution in [-0.2, 0) is 14.3 Å². The molecule has 0 spiro atoms. The van der Waals surface area contributed by atoms with Crippen molar-refractivity contribution in [3.8, 4) is 0 Å². The summed E-state index contributed by atoms with van der Waals surface area (Å²) in [6.07, 6.45) is 1.02. The lowest BCUT2D eigenvalue weighted by Crippen LogP contribution is -2.52. The Morgan fingerprint density at radius 1 is 1.09 bits per heavy atom. The number of rotatable bonds is 2. The molecule has 1 N–H and O–H groups in total. The summed E-state index contributed by atoms with van der Waals surface area (Å²) >= 11 is 0. The van der Waals surface area contributed by atoms with Gasteiger partial charge in [-0.15, -0.1) is 0 Å². The molecular weight excluding hydrogens is 308 g/mol. The molecule has 3 aliphatic heterocycles. The Labute approximate surface area is 134 Å². The van der Waals surface area contributed by atoms with Crippen molar-refractivity contribution in [2.45, 2.75) is 31.2 Å². The van der Waals surface area contributed by atoms with Crippen molar-refractivity contribution in [3.05, 3.63) is 0 Å². The number of hydrogen-bond acceptors (Lipinski definition) is 4. The van der Waals surface area contributed by atoms with E-state index in [9.17, 15) is 18.4 Å². The van der Waals surface area contributed by atoms with Gasteiger partial charge in [0.25, 0.3) is 5.92 Å². The van der Waals surface area contributed by atoms with Gasteiger partial charge in [-0.05, 0) is 12.8 Å². The highest BCUT2D eigenvalue weighted by molar-refractivity contribution is 5.84. The van der Waals surface area contributed by atoms with Crippen LogP contribution in [-0.4, -0.2) is 79.5 Å². The highest BCUT2D eigenvalue weighted by Crippen LogP contribution is 2.27. The molecule has 2 unspecified atom stereocenters. The van der Waals surface area contributed by atoms with Crippen LogP contribution in [0.4, 0.5) is 8.78 Å². The fourth-order valence-corrected chi connectivity index (χ4v) is 3.53. The second-order valence-electron chi connectivity index (χ2n) is 6.55. The van der Waals surface area contributed by atoms with E-state index in [1.807, 2.05) is 0 Å². The molecule has 23 heavy (non-hydrogen) atoms. The molecule has 3 heterocycles. The fourth-order valence-electron chi connectivity index (χ4n) is 3.53. The van der Waals surface area contributed by atoms with Crippen molar-refractivity contribution >= 4 is 11.8 Å². The zero-order valence-corrected chi connectivity index (χ0v) is 13.1. The van der Waals surface area contributed by atoms with E-state index < -0.39 is 24.9 Å². The molecule has 0 radical (unpaired) electrons. The Bertz CT molecular complexity index is 469. The van der Waals surface area contributed by atoms with E-state index in [0.29, 0.717) is 39.4 Å². The van der Waals surface area contributed by atoms with Crippen LogP contribution in [0.15, 0.2) is 0 Å². The third-order valence-electron chi connectivity index (χ3n) is 4.81. The first-order chi connectivity index (χ1) is 11.0. The molecule has 0 saturated carbocycles. The number of ether oxygens (including phenoxy) is 1. The molecule has 0 aromatic heterocycles. The summed E-state index contributed by atoms with van der Waals surface area (Å²) in [5, 5.41) is 2.60. The molecule has 0 aliphatic carbocycles. The van der Waals surface area contributed by atoms with Crippen LogP contribution >= 0.6 is 0 Å². The maximum absolute atomic E-state index is 13.3. The molecule has 3 aliphatic rings. The number of amides is 2. The van der Waals surface area contributed by atoms with Crippen LogP contribution in [0.5, 0.6) is 0 Å². The summed E-state index contributed by atoms with van der Waals surface area (Å²) in [6, 6.07) is -0.831. The number of nitrogens with one attached hydrogen (secondary N) is 1. The molecule has 2 atom stereocenters. The summed E-state index contributed by atoms with van der Waals surface area (Å²) in [4.78, 5) is 28.3. The van der Waals surface area contributed by atoms with Crippen LogP contribution in [0, 0.1) is 5.92 Å². The standard InChI is InChI=1S/C15H23F2N3O3/c16-15(17)8-12(18-10-15)14(22)20-3-1-2-11(9-20)13(21)19-4-6-23-7-5-19/h11-12,18H,1-10H2. The minimum absolute atomic E-state index is 0.0514. The normalized spacial score (nSPS) is 31.2. The summed E-state index contributed by atoms with van der Waals surface area (Å²) in [5.41, 5.74) is 0. The number of halogens is 2. The van der Waals surface area contributed by atoms with Crippen molar-refractivity contribution in [1.29, 1.82) is 0 Å². The van der Waals surface area contributed by atoms with Crippen molar-refractivity contribution < 1.29 is 23.1 Å². The van der Waals surface area contributed by atoms with Gasteiger partial charge in [0.2, 0.25) is 11.8 Å². The van der Waals surface area contributed by atoms with Crippen molar-refractivity contribution in [1.82, 2.24) is 15.1 Å². The quantitative estimate of drug-likeness (QED) is 0.779. The summed E-state index contributed by atoms with van der Waals surface area (Å²) in [6.45, 7) is 2.67. The van der Waals surface area contributed by atoms with Crippen LogP contribution in [0.3, 0.4) is 0 Å². The predicted molar refractivity (Wildman–Crippen MR) is 78.1 cm³/mol. The summed E-state index contributed by atoms with van der Waals surface area (Å²) < 4.78 is 31.8. The smallest absolute Gasteiger partial charge is 0.262 e. The number of likely N-dealkylation sites (tertiary alicyclic amines) is 1. The monoisotopic (exact) mass is 331 g/mol. The third kappa shape index (κ3) is 3.80. The van der Waals surface area contributed by atoms with Crippen LogP contribution < -0.4 is 5.32 Å². The van der Waals surface area contributed by atoms with E-state index in [1.165, 1.54) is 0 Å². The molecule has 0 aromatic carbocycles. The average molecular weight is 331 g/mol. The number of morpholine rings is 1. The van der Waals surface area contributed by atoms with E-state index >= 15 is 0 Å². The topological polar surface area (TPSA) is 61.9 Å². The first kappa shape index (κ1) is 16.6. The van der Waals surface area contributed by atoms with Crippen molar-refractivity contribution in [3.63, 3.8) is 0 Å². The lowest BCUT2D eigenvalue weighted by Gasteiger charge is -2.37. The number of alkyl halides is 2. The second-order valence-corrected chi connectivity index (χ2v) is 6.55. The first-order valence-corrected chi connectivity index (χ1v) is 8.23. The molecule has 0 bridgehead atoms. The Morgan fingerprint density at radius 3 is 2.48 bits per heavy atom. The lowest BCUT2D eigenvalue weighted by molar-refractivity contribution is -0.144. The number of nitrogens with zero attached hydrogens (tertiary/aromatic N) is 2. The molecule has 2 amide bonds. The highest BCUT2D eigenvalue weighted by Gasteiger charge is 2.44. The van der Waals surface area contributed by atoms with Crippen molar-refractivity contribution in [2.75, 3.05) is 45.9 Å². The average Bonchev–Trinajstić information content (AvgIpc) is 2.94. The van der Waals surface area contributed by atoms with Gasteiger partial charge in [-0.2, -0.15) is 0 Å². The number of piperidine rings is 1. The van der Waals surface area contributed by atoms with Gasteiger partial charge in [0, 0.05) is 32.6 Å². The van der Waals surface area contributed by atoms with Gasteiger partial charge in [-0.3, -0.25) is 14.9 Å². The van der Waals surface area contributed by atoms with E-state index in [4.69, 9.17) is 4.74 Å². The first-order valence-electron chi connectivity index (χ1n) is 8.23. The zero-order valence-electron chi connectivity index (χ0n) is 13.1. The Morgan fingerprint density at radius 2 is 1.83 bits per heavy atom. The van der Waals surface area contributed by atoms with E-state index in [2.05, 4.69) is 5.32 Å². The molecule has 130 valence electrons. The van der Waals surface area contributed by atoms with Crippen molar-refractivity contribution in [2.24, 2.45) is 5.92 Å². The SMILES string of the molecule is O=C(C1CCCN(C(=O)C2CC(F)(F)CN2)C1)N1CCOCC1. The summed E-state index contributed by atoms with van der Waals surface area (Å²) in [5.74, 6) is -3.30. The predicted octanol–water partition coefficient (Wildman–Crippen LogP) is 0.0810. The minimum Gasteiger partial charge on any atom is -0.378 e. The van der Waals surface area contributed by atoms with Crippen LogP contribution in [0.2, 0.25) is 0 Å². The number of carbonyl (C=O) groups is 2. The van der Waals surface area contributed by atoms with Gasteiger partial charge >= 0.3 is 0 Å². The molecular formula is C15H23F2N3O3. The molecule has 8 heteroatoms. The van der Waals surface area contributed by atoms with E-state index in [0.717, 1.165) is 12.8 Å². The van der Waals surface area contributed by atoms with Gasteiger partial charge in [-0.25, -0.2) is 8.78 Å². The van der Waals surface area contributed by atoms with Crippen LogP contribution in [0.1, 0.15) is 19.3 Å². The van der Waals surface area contributed by atoms with Crippen LogP contribution in [0.25, 0.3) is 0 Å². The molecule has 6 nitrogen and oxygen atoms in total. The maximum Gasteiger partial charge on any atom is 0.262 e. The van der Waals surface area contributed by atoms with Gasteiger partial charge in [0.1, 0.15) is 0 Å². The van der Waals surface area contributed by atoms with E-state index in [1.54, 1.807) is 9.80 Å². The third-order valence-corrected chi connectivity index (χ3v) is 4.81. The number of carbonyl (C=O) groups excluding carboxylic acids is 2. The zero-order chi connectivity index (χ0) is 16.4. The Kier molecular flexibility index (Phi) is 4.82. The minimum atomic E-state index is -2.82. The Balaban J connectivity index is 1.57. The molecule has 0 aromatic rings. The lowest BCUT2D eigenvalue weighted by atomic mass is 9.95. The largest absolute Gasteiger partial charge is 0.378 e. The van der Waals surface area contributed by atoms with E-state index in [-0.39, 0.29) is 17.7 Å². The number of hydrogen-bond donors (Lipinski definition) is 1. The summed E-state index contributed by atoms with van der Waals surface area (Å²) in [7, 11) is 0. The maximum atomic E-state index is 13.3. The highest BCUT2D eigenvalue weighted by atomic mass is 19.3. The van der Waals surface area contributed by atoms with Gasteiger partial charge in [0.15, 0.2) is 0 Å². The Hall–Kier alpha value is -1.28.